The number of hydrogen-bond acceptors (Lipinski definition) is 4. The Hall–Kier alpha value is -3.93. The van der Waals surface area contributed by atoms with E-state index in [-0.39, 0.29) is 6.54 Å². The van der Waals surface area contributed by atoms with Crippen LogP contribution in [0.15, 0.2) is 78.5 Å². The first-order valence-corrected chi connectivity index (χ1v) is 11.5. The lowest BCUT2D eigenvalue weighted by Crippen LogP contribution is -2.34. The standard InChI is InChI=1S/C28H25FN2O3/c1-2-17-34-22-13-11-20(12-14-22)25-26(30-16-15-19-7-4-6-10-24(19)30)28(33)31(27(25)32)18-21-8-3-5-9-23(21)29/h3-14H,2,15-18H2,1H3. The second-order valence-electron chi connectivity index (χ2n) is 8.41. The second-order valence-corrected chi connectivity index (χ2v) is 8.41. The van der Waals surface area contributed by atoms with Gasteiger partial charge in [0.15, 0.2) is 0 Å². The van der Waals surface area contributed by atoms with Gasteiger partial charge in [0, 0.05) is 17.8 Å². The maximum Gasteiger partial charge on any atom is 0.278 e. The van der Waals surface area contributed by atoms with Crippen LogP contribution in [0.1, 0.15) is 30.0 Å². The van der Waals surface area contributed by atoms with Crippen molar-refractivity contribution in [2.24, 2.45) is 0 Å². The topological polar surface area (TPSA) is 49.9 Å². The third-order valence-corrected chi connectivity index (χ3v) is 6.20. The average Bonchev–Trinajstić information content (AvgIpc) is 3.38. The van der Waals surface area contributed by atoms with E-state index in [2.05, 4.69) is 0 Å². The molecule has 6 heteroatoms. The molecule has 0 aromatic heterocycles. The number of hydrogen-bond donors (Lipinski definition) is 0. The smallest absolute Gasteiger partial charge is 0.278 e. The monoisotopic (exact) mass is 456 g/mol. The van der Waals surface area contributed by atoms with Gasteiger partial charge >= 0.3 is 0 Å². The van der Waals surface area contributed by atoms with Gasteiger partial charge in [0.1, 0.15) is 17.3 Å². The highest BCUT2D eigenvalue weighted by molar-refractivity contribution is 6.36. The Labute approximate surface area is 198 Å². The van der Waals surface area contributed by atoms with E-state index in [4.69, 9.17) is 4.74 Å². The summed E-state index contributed by atoms with van der Waals surface area (Å²) in [6.45, 7) is 3.12. The molecule has 2 aliphatic heterocycles. The van der Waals surface area contributed by atoms with Crippen LogP contribution in [0.4, 0.5) is 10.1 Å². The predicted molar refractivity (Wildman–Crippen MR) is 129 cm³/mol. The fourth-order valence-corrected chi connectivity index (χ4v) is 4.52. The zero-order valence-electron chi connectivity index (χ0n) is 19.0. The molecule has 0 radical (unpaired) electrons. The van der Waals surface area contributed by atoms with E-state index < -0.39 is 17.6 Å². The number of nitrogens with zero attached hydrogens (tertiary/aromatic N) is 2. The first-order chi connectivity index (χ1) is 16.6. The van der Waals surface area contributed by atoms with E-state index >= 15 is 0 Å². The quantitative estimate of drug-likeness (QED) is 0.472. The molecule has 5 nitrogen and oxygen atoms in total. The summed E-state index contributed by atoms with van der Waals surface area (Å²) in [6, 6.07) is 21.3. The van der Waals surface area contributed by atoms with E-state index in [0.29, 0.717) is 41.3 Å². The van der Waals surface area contributed by atoms with Crippen molar-refractivity contribution in [2.45, 2.75) is 26.3 Å². The minimum Gasteiger partial charge on any atom is -0.494 e. The molecule has 0 spiro atoms. The number of ether oxygens (including phenoxy) is 1. The number of carbonyl (C=O) groups is 2. The maximum absolute atomic E-state index is 14.4. The Kier molecular flexibility index (Phi) is 5.88. The molecule has 172 valence electrons. The van der Waals surface area contributed by atoms with Crippen molar-refractivity contribution >= 4 is 23.1 Å². The van der Waals surface area contributed by atoms with E-state index in [1.165, 1.54) is 6.07 Å². The fourth-order valence-electron chi connectivity index (χ4n) is 4.52. The van der Waals surface area contributed by atoms with Crippen LogP contribution >= 0.6 is 0 Å². The molecule has 0 aliphatic carbocycles. The molecule has 3 aromatic carbocycles. The van der Waals surface area contributed by atoms with E-state index in [0.717, 1.165) is 29.0 Å². The summed E-state index contributed by atoms with van der Waals surface area (Å²) >= 11 is 0. The van der Waals surface area contributed by atoms with Crippen molar-refractivity contribution < 1.29 is 18.7 Å². The number of imide groups is 1. The highest BCUT2D eigenvalue weighted by atomic mass is 19.1. The number of fused-ring (bicyclic) bond motifs is 1. The third-order valence-electron chi connectivity index (χ3n) is 6.20. The van der Waals surface area contributed by atoms with Crippen LogP contribution < -0.4 is 9.64 Å². The highest BCUT2D eigenvalue weighted by Gasteiger charge is 2.43. The van der Waals surface area contributed by atoms with Crippen molar-refractivity contribution in [1.82, 2.24) is 4.90 Å². The minimum absolute atomic E-state index is 0.121. The summed E-state index contributed by atoms with van der Waals surface area (Å²) in [5.74, 6) is -0.567. The van der Waals surface area contributed by atoms with Gasteiger partial charge < -0.3 is 9.64 Å². The minimum atomic E-state index is -0.443. The second kappa shape index (κ2) is 9.14. The molecule has 0 saturated heterocycles. The zero-order chi connectivity index (χ0) is 23.7. The summed E-state index contributed by atoms with van der Waals surface area (Å²) in [4.78, 5) is 30.4. The lowest BCUT2D eigenvalue weighted by Gasteiger charge is -2.22. The van der Waals surface area contributed by atoms with E-state index in [1.807, 2.05) is 48.2 Å². The van der Waals surface area contributed by atoms with Crippen molar-refractivity contribution in [1.29, 1.82) is 0 Å². The van der Waals surface area contributed by atoms with Crippen molar-refractivity contribution in [2.75, 3.05) is 18.1 Å². The Morgan fingerprint density at radius 1 is 0.912 bits per heavy atom. The summed E-state index contributed by atoms with van der Waals surface area (Å²) in [6.07, 6.45) is 1.68. The molecule has 0 fully saturated rings. The summed E-state index contributed by atoms with van der Waals surface area (Å²) in [7, 11) is 0. The molecule has 0 saturated carbocycles. The Bertz CT molecular complexity index is 1280. The first-order valence-electron chi connectivity index (χ1n) is 11.5. The summed E-state index contributed by atoms with van der Waals surface area (Å²) < 4.78 is 20.0. The van der Waals surface area contributed by atoms with Crippen LogP contribution in [-0.4, -0.2) is 29.9 Å². The molecule has 0 unspecified atom stereocenters. The van der Waals surface area contributed by atoms with Gasteiger partial charge in [0.2, 0.25) is 0 Å². The molecular weight excluding hydrogens is 431 g/mol. The normalized spacial score (nSPS) is 15.4. The van der Waals surface area contributed by atoms with Gasteiger partial charge in [0.25, 0.3) is 11.8 Å². The Morgan fingerprint density at radius 3 is 2.41 bits per heavy atom. The summed E-state index contributed by atoms with van der Waals surface area (Å²) in [5, 5.41) is 0. The number of benzene rings is 3. The van der Waals surface area contributed by atoms with Crippen molar-refractivity contribution in [3.63, 3.8) is 0 Å². The van der Waals surface area contributed by atoms with Crippen LogP contribution in [0.2, 0.25) is 0 Å². The van der Waals surface area contributed by atoms with Crippen molar-refractivity contribution in [3.05, 3.63) is 101 Å². The predicted octanol–water partition coefficient (Wildman–Crippen LogP) is 4.96. The lowest BCUT2D eigenvalue weighted by molar-refractivity contribution is -0.137. The molecule has 2 aliphatic rings. The van der Waals surface area contributed by atoms with E-state index in [1.54, 1.807) is 30.3 Å². The molecular formula is C28H25FN2O3. The van der Waals surface area contributed by atoms with Gasteiger partial charge in [-0.05, 0) is 48.2 Å². The van der Waals surface area contributed by atoms with Gasteiger partial charge in [0.05, 0.1) is 18.7 Å². The van der Waals surface area contributed by atoms with Gasteiger partial charge in [-0.25, -0.2) is 4.39 Å². The summed E-state index contributed by atoms with van der Waals surface area (Å²) in [5.41, 5.74) is 3.67. The van der Waals surface area contributed by atoms with Crippen LogP contribution in [-0.2, 0) is 22.6 Å². The lowest BCUT2D eigenvalue weighted by atomic mass is 10.0. The van der Waals surface area contributed by atoms with Gasteiger partial charge in [-0.3, -0.25) is 14.5 Å². The molecule has 5 rings (SSSR count). The van der Waals surface area contributed by atoms with Crippen LogP contribution in [0.5, 0.6) is 5.75 Å². The van der Waals surface area contributed by atoms with Crippen LogP contribution in [0, 0.1) is 5.82 Å². The average molecular weight is 457 g/mol. The number of anilines is 1. The van der Waals surface area contributed by atoms with Gasteiger partial charge in [-0.15, -0.1) is 0 Å². The number of carbonyl (C=O) groups excluding carboxylic acids is 2. The molecule has 0 atom stereocenters. The van der Waals surface area contributed by atoms with Crippen LogP contribution in [0.25, 0.3) is 5.57 Å². The molecule has 0 N–H and O–H groups in total. The largest absolute Gasteiger partial charge is 0.494 e. The maximum atomic E-state index is 14.4. The molecule has 3 aromatic rings. The SMILES string of the molecule is CCCOc1ccc(C2=C(N3CCc4ccccc43)C(=O)N(Cc3ccccc3F)C2=O)cc1. The highest BCUT2D eigenvalue weighted by Crippen LogP contribution is 2.39. The van der Waals surface area contributed by atoms with Gasteiger partial charge in [-0.1, -0.05) is 55.5 Å². The molecule has 2 heterocycles. The van der Waals surface area contributed by atoms with Crippen molar-refractivity contribution in [3.8, 4) is 5.75 Å². The number of halogens is 1. The molecule has 2 amide bonds. The number of amides is 2. The number of rotatable bonds is 7. The number of para-hydroxylation sites is 1. The Morgan fingerprint density at radius 2 is 1.65 bits per heavy atom. The zero-order valence-corrected chi connectivity index (χ0v) is 19.0. The molecule has 0 bridgehead atoms. The Balaban J connectivity index is 1.57. The first kappa shape index (κ1) is 21.9. The van der Waals surface area contributed by atoms with Gasteiger partial charge in [-0.2, -0.15) is 0 Å². The van der Waals surface area contributed by atoms with E-state index in [9.17, 15) is 14.0 Å². The van der Waals surface area contributed by atoms with Crippen LogP contribution in [0.3, 0.4) is 0 Å². The fraction of sp³-hybridized carbons (Fsp3) is 0.214. The third kappa shape index (κ3) is 3.85. The molecule has 34 heavy (non-hydrogen) atoms.